The number of anilines is 1. The number of hydrogen-bond donors (Lipinski definition) is 1. The Morgan fingerprint density at radius 3 is 2.52 bits per heavy atom. The third-order valence-electron chi connectivity index (χ3n) is 3.23. The zero-order valence-electron chi connectivity index (χ0n) is 12.4. The molecule has 3 rings (SSSR count). The van der Waals surface area contributed by atoms with Crippen molar-refractivity contribution in [3.63, 3.8) is 0 Å². The van der Waals surface area contributed by atoms with Crippen LogP contribution in [0.4, 0.5) is 18.3 Å². The summed E-state index contributed by atoms with van der Waals surface area (Å²) in [6.07, 6.45) is -2.34. The Hall–Kier alpha value is -2.13. The number of hydrogen-bond acceptors (Lipinski definition) is 4. The fraction of sp³-hybridized carbons (Fsp3) is 0.125. The van der Waals surface area contributed by atoms with Crippen LogP contribution in [0.1, 0.15) is 26.6 Å². The summed E-state index contributed by atoms with van der Waals surface area (Å²) in [5.74, 6) is -0.285. The first-order chi connectivity index (χ1) is 11.8. The van der Waals surface area contributed by atoms with E-state index >= 15 is 0 Å². The average molecular weight is 431 g/mol. The summed E-state index contributed by atoms with van der Waals surface area (Å²) in [7, 11) is 0. The van der Waals surface area contributed by atoms with Gasteiger partial charge in [-0.25, -0.2) is 4.98 Å². The van der Waals surface area contributed by atoms with Gasteiger partial charge in [0.15, 0.2) is 15.6 Å². The van der Waals surface area contributed by atoms with E-state index in [1.165, 1.54) is 29.5 Å². The first-order valence-electron chi connectivity index (χ1n) is 6.99. The molecule has 1 aromatic carbocycles. The molecule has 0 aliphatic carbocycles. The Morgan fingerprint density at radius 2 is 1.92 bits per heavy atom. The molecule has 0 bridgehead atoms. The van der Waals surface area contributed by atoms with Crippen molar-refractivity contribution in [1.29, 1.82) is 0 Å². The van der Waals surface area contributed by atoms with Crippen LogP contribution in [0.2, 0.25) is 0 Å². The van der Waals surface area contributed by atoms with Crippen LogP contribution in [-0.2, 0) is 12.6 Å². The molecular formula is C16H10BrF3N2O2S. The van der Waals surface area contributed by atoms with E-state index in [9.17, 15) is 18.0 Å². The Labute approximate surface area is 152 Å². The summed E-state index contributed by atoms with van der Waals surface area (Å²) >= 11 is 4.36. The van der Waals surface area contributed by atoms with E-state index < -0.39 is 17.6 Å². The van der Waals surface area contributed by atoms with E-state index in [0.29, 0.717) is 16.2 Å². The second kappa shape index (κ2) is 7.01. The molecule has 0 spiro atoms. The molecule has 0 aliphatic rings. The maximum atomic E-state index is 12.6. The van der Waals surface area contributed by atoms with Gasteiger partial charge in [-0.3, -0.25) is 10.1 Å². The predicted molar refractivity (Wildman–Crippen MR) is 90.7 cm³/mol. The number of halogens is 4. The number of rotatable bonds is 4. The monoisotopic (exact) mass is 430 g/mol. The van der Waals surface area contributed by atoms with Crippen LogP contribution in [0, 0.1) is 0 Å². The zero-order valence-corrected chi connectivity index (χ0v) is 14.8. The van der Waals surface area contributed by atoms with E-state index in [1.807, 2.05) is 0 Å². The van der Waals surface area contributed by atoms with Gasteiger partial charge in [0.2, 0.25) is 0 Å². The van der Waals surface area contributed by atoms with Gasteiger partial charge >= 0.3 is 6.18 Å². The third kappa shape index (κ3) is 4.49. The highest BCUT2D eigenvalue weighted by atomic mass is 79.9. The maximum Gasteiger partial charge on any atom is 0.416 e. The largest absolute Gasteiger partial charge is 0.444 e. The molecule has 1 N–H and O–H groups in total. The van der Waals surface area contributed by atoms with Gasteiger partial charge in [-0.05, 0) is 45.8 Å². The van der Waals surface area contributed by atoms with Crippen molar-refractivity contribution in [2.45, 2.75) is 12.6 Å². The molecule has 0 radical (unpaired) electrons. The van der Waals surface area contributed by atoms with Gasteiger partial charge in [0, 0.05) is 17.5 Å². The topological polar surface area (TPSA) is 55.1 Å². The predicted octanol–water partition coefficient (Wildman–Crippen LogP) is 5.36. The van der Waals surface area contributed by atoms with Crippen molar-refractivity contribution < 1.29 is 22.4 Å². The molecule has 1 amide bonds. The maximum absolute atomic E-state index is 12.6. The van der Waals surface area contributed by atoms with Gasteiger partial charge in [0.25, 0.3) is 5.91 Å². The van der Waals surface area contributed by atoms with Crippen LogP contribution < -0.4 is 5.32 Å². The normalized spacial score (nSPS) is 11.5. The lowest BCUT2D eigenvalue weighted by molar-refractivity contribution is -0.137. The summed E-state index contributed by atoms with van der Waals surface area (Å²) in [4.78, 5) is 16.9. The Kier molecular flexibility index (Phi) is 4.96. The number of nitrogens with zero attached hydrogens (tertiary/aromatic N) is 1. The number of nitrogens with one attached hydrogen (secondary N) is 1. The van der Waals surface area contributed by atoms with Crippen LogP contribution in [0.15, 0.2) is 51.7 Å². The zero-order chi connectivity index (χ0) is 18.0. The number of alkyl halides is 3. The highest BCUT2D eigenvalue weighted by Gasteiger charge is 2.29. The summed E-state index contributed by atoms with van der Waals surface area (Å²) in [5.41, 5.74) is 0.0441. The molecule has 2 heterocycles. The lowest BCUT2D eigenvalue weighted by atomic mass is 10.1. The molecule has 2 aromatic heterocycles. The molecule has 4 nitrogen and oxygen atoms in total. The first-order valence-corrected chi connectivity index (χ1v) is 8.60. The molecule has 0 saturated carbocycles. The standard InChI is InChI=1S/C16H10BrF3N2O2S/c17-13-6-5-12(24-13)14(23)22-15-21-8-11(25-15)7-9-1-3-10(4-2-9)16(18,19)20/h1-6,8H,7H2,(H,21,22,23). The third-order valence-corrected chi connectivity index (χ3v) is 4.57. The molecule has 0 aliphatic heterocycles. The summed E-state index contributed by atoms with van der Waals surface area (Å²) in [5, 5.41) is 3.00. The minimum atomic E-state index is -4.35. The van der Waals surface area contributed by atoms with E-state index in [4.69, 9.17) is 4.42 Å². The van der Waals surface area contributed by atoms with Crippen LogP contribution in [0.3, 0.4) is 0 Å². The van der Waals surface area contributed by atoms with E-state index in [1.54, 1.807) is 12.3 Å². The second-order valence-electron chi connectivity index (χ2n) is 5.06. The van der Waals surface area contributed by atoms with E-state index in [-0.39, 0.29) is 5.76 Å². The van der Waals surface area contributed by atoms with E-state index in [2.05, 4.69) is 26.2 Å². The van der Waals surface area contributed by atoms with Gasteiger partial charge in [-0.1, -0.05) is 12.1 Å². The van der Waals surface area contributed by atoms with Crippen LogP contribution in [0.5, 0.6) is 0 Å². The molecular weight excluding hydrogens is 421 g/mol. The Balaban J connectivity index is 1.64. The molecule has 9 heteroatoms. The number of furan rings is 1. The van der Waals surface area contributed by atoms with Gasteiger partial charge in [0.05, 0.1) is 5.56 Å². The van der Waals surface area contributed by atoms with Gasteiger partial charge < -0.3 is 4.42 Å². The highest BCUT2D eigenvalue weighted by molar-refractivity contribution is 9.10. The van der Waals surface area contributed by atoms with Crippen molar-refractivity contribution in [3.05, 3.63) is 69.0 Å². The van der Waals surface area contributed by atoms with Crippen molar-refractivity contribution >= 4 is 38.3 Å². The quantitative estimate of drug-likeness (QED) is 0.605. The van der Waals surface area contributed by atoms with Gasteiger partial charge in [0.1, 0.15) is 0 Å². The van der Waals surface area contributed by atoms with Gasteiger partial charge in [-0.2, -0.15) is 13.2 Å². The first kappa shape index (κ1) is 17.7. The molecule has 0 atom stereocenters. The highest BCUT2D eigenvalue weighted by Crippen LogP contribution is 2.30. The average Bonchev–Trinajstić information content (AvgIpc) is 3.16. The van der Waals surface area contributed by atoms with Crippen molar-refractivity contribution in [2.24, 2.45) is 0 Å². The number of carbonyl (C=O) groups excluding carboxylic acids is 1. The van der Waals surface area contributed by atoms with Gasteiger partial charge in [-0.15, -0.1) is 11.3 Å². The Bertz CT molecular complexity index is 887. The minimum absolute atomic E-state index is 0.145. The summed E-state index contributed by atoms with van der Waals surface area (Å²) < 4.78 is 43.3. The van der Waals surface area contributed by atoms with Crippen LogP contribution in [-0.4, -0.2) is 10.9 Å². The number of thiazole rings is 1. The fourth-order valence-electron chi connectivity index (χ4n) is 2.05. The van der Waals surface area contributed by atoms with Crippen molar-refractivity contribution in [1.82, 2.24) is 4.98 Å². The molecule has 3 aromatic rings. The second-order valence-corrected chi connectivity index (χ2v) is 6.96. The molecule has 25 heavy (non-hydrogen) atoms. The summed E-state index contributed by atoms with van der Waals surface area (Å²) in [6, 6.07) is 8.09. The Morgan fingerprint density at radius 1 is 1.20 bits per heavy atom. The SMILES string of the molecule is O=C(Nc1ncc(Cc2ccc(C(F)(F)F)cc2)s1)c1ccc(Br)o1. The van der Waals surface area contributed by atoms with E-state index in [0.717, 1.165) is 22.6 Å². The molecule has 0 saturated heterocycles. The number of amides is 1. The lowest BCUT2D eigenvalue weighted by Crippen LogP contribution is -2.10. The minimum Gasteiger partial charge on any atom is -0.444 e. The molecule has 0 unspecified atom stereocenters. The smallest absolute Gasteiger partial charge is 0.416 e. The number of benzene rings is 1. The van der Waals surface area contributed by atoms with Crippen molar-refractivity contribution in [2.75, 3.05) is 5.32 Å². The number of carbonyl (C=O) groups is 1. The molecule has 0 fully saturated rings. The van der Waals surface area contributed by atoms with Crippen LogP contribution in [0.25, 0.3) is 0 Å². The van der Waals surface area contributed by atoms with Crippen LogP contribution >= 0.6 is 27.3 Å². The fourth-order valence-corrected chi connectivity index (χ4v) is 3.20. The number of aromatic nitrogens is 1. The molecule has 130 valence electrons. The van der Waals surface area contributed by atoms with Crippen molar-refractivity contribution in [3.8, 4) is 0 Å². The summed E-state index contributed by atoms with van der Waals surface area (Å²) in [6.45, 7) is 0. The lowest BCUT2D eigenvalue weighted by Gasteiger charge is -2.06.